The molecule has 0 unspecified atom stereocenters. The zero-order valence-corrected chi connectivity index (χ0v) is 12.5. The van der Waals surface area contributed by atoms with E-state index in [9.17, 15) is 4.79 Å². The van der Waals surface area contributed by atoms with Crippen molar-refractivity contribution in [2.24, 2.45) is 0 Å². The highest BCUT2D eigenvalue weighted by Gasteiger charge is 2.04. The molecule has 0 fully saturated rings. The lowest BCUT2D eigenvalue weighted by atomic mass is 10.3. The molecule has 6 heteroatoms. The molecule has 0 aliphatic carbocycles. The SMILES string of the molecule is C=C(C)C(=O)OCCSc1ccc(C=C(C#N)C#N)s1. The molecule has 1 aromatic rings. The standard InChI is InChI=1S/C14H12N2O2S2/c1-10(2)14(17)18-5-6-19-13-4-3-12(20-13)7-11(8-15)9-16/h3-4,7H,1,5-6H2,2H3. The maximum absolute atomic E-state index is 11.1. The first-order valence-corrected chi connectivity index (χ1v) is 7.44. The Morgan fingerprint density at radius 3 is 2.80 bits per heavy atom. The van der Waals surface area contributed by atoms with E-state index < -0.39 is 0 Å². The summed E-state index contributed by atoms with van der Waals surface area (Å²) in [6, 6.07) is 7.40. The van der Waals surface area contributed by atoms with Gasteiger partial charge in [-0.25, -0.2) is 4.79 Å². The molecular formula is C14H12N2O2S2. The Hall–Kier alpha value is -2.02. The zero-order chi connectivity index (χ0) is 15.0. The van der Waals surface area contributed by atoms with Crippen molar-refractivity contribution in [2.45, 2.75) is 11.1 Å². The van der Waals surface area contributed by atoms with Crippen LogP contribution in [0.5, 0.6) is 0 Å². The number of rotatable bonds is 6. The van der Waals surface area contributed by atoms with E-state index in [1.165, 1.54) is 11.3 Å². The van der Waals surface area contributed by atoms with Crippen molar-refractivity contribution in [1.29, 1.82) is 10.5 Å². The highest BCUT2D eigenvalue weighted by atomic mass is 32.2. The predicted octanol–water partition coefficient (Wildman–Crippen LogP) is 3.39. The normalized spacial score (nSPS) is 9.15. The Morgan fingerprint density at radius 1 is 1.50 bits per heavy atom. The van der Waals surface area contributed by atoms with E-state index in [-0.39, 0.29) is 11.5 Å². The molecule has 0 saturated heterocycles. The van der Waals surface area contributed by atoms with Gasteiger partial charge >= 0.3 is 5.97 Å². The summed E-state index contributed by atoms with van der Waals surface area (Å²) in [5.74, 6) is 0.263. The summed E-state index contributed by atoms with van der Waals surface area (Å²) in [6.45, 7) is 5.43. The summed E-state index contributed by atoms with van der Waals surface area (Å²) in [7, 11) is 0. The maximum Gasteiger partial charge on any atom is 0.333 e. The molecule has 0 N–H and O–H groups in total. The Kier molecular flexibility index (Phi) is 6.58. The van der Waals surface area contributed by atoms with Crippen LogP contribution >= 0.6 is 23.1 Å². The second kappa shape index (κ2) is 8.21. The van der Waals surface area contributed by atoms with Crippen molar-refractivity contribution in [3.63, 3.8) is 0 Å². The highest BCUT2D eigenvalue weighted by Crippen LogP contribution is 2.28. The first-order valence-electron chi connectivity index (χ1n) is 5.64. The minimum atomic E-state index is -0.381. The third kappa shape index (κ3) is 5.31. The van der Waals surface area contributed by atoms with Crippen molar-refractivity contribution in [1.82, 2.24) is 0 Å². The number of thiophene rings is 1. The highest BCUT2D eigenvalue weighted by molar-refractivity contribution is 8.01. The fraction of sp³-hybridized carbons (Fsp3) is 0.214. The van der Waals surface area contributed by atoms with E-state index in [2.05, 4.69) is 6.58 Å². The van der Waals surface area contributed by atoms with Gasteiger partial charge in [-0.15, -0.1) is 23.1 Å². The van der Waals surface area contributed by atoms with Gasteiger partial charge < -0.3 is 4.74 Å². The largest absolute Gasteiger partial charge is 0.461 e. The van der Waals surface area contributed by atoms with Gasteiger partial charge in [0.25, 0.3) is 0 Å². The number of esters is 1. The van der Waals surface area contributed by atoms with E-state index in [4.69, 9.17) is 15.3 Å². The smallest absolute Gasteiger partial charge is 0.333 e. The van der Waals surface area contributed by atoms with Crippen LogP contribution in [-0.4, -0.2) is 18.3 Å². The molecule has 0 amide bonds. The van der Waals surface area contributed by atoms with Crippen molar-refractivity contribution in [3.05, 3.63) is 34.7 Å². The first kappa shape index (κ1) is 16.0. The number of hydrogen-bond acceptors (Lipinski definition) is 6. The number of allylic oxidation sites excluding steroid dienone is 1. The van der Waals surface area contributed by atoms with Gasteiger partial charge in [-0.2, -0.15) is 10.5 Å². The van der Waals surface area contributed by atoms with Crippen LogP contribution in [0.25, 0.3) is 6.08 Å². The lowest BCUT2D eigenvalue weighted by Gasteiger charge is -2.02. The monoisotopic (exact) mass is 304 g/mol. The summed E-state index contributed by atoms with van der Waals surface area (Å²) in [5.41, 5.74) is 0.470. The molecule has 1 rings (SSSR count). The molecule has 4 nitrogen and oxygen atoms in total. The van der Waals surface area contributed by atoms with Crippen LogP contribution in [-0.2, 0) is 9.53 Å². The number of carbonyl (C=O) groups is 1. The van der Waals surface area contributed by atoms with E-state index in [1.807, 2.05) is 24.3 Å². The van der Waals surface area contributed by atoms with Crippen LogP contribution < -0.4 is 0 Å². The Labute approximate surface area is 126 Å². The average molecular weight is 304 g/mol. The molecular weight excluding hydrogens is 292 g/mol. The van der Waals surface area contributed by atoms with Gasteiger partial charge in [0.1, 0.15) is 24.3 Å². The second-order valence-corrected chi connectivity index (χ2v) is 6.21. The molecule has 1 aromatic heterocycles. The summed E-state index contributed by atoms with van der Waals surface area (Å²) in [4.78, 5) is 12.0. The third-order valence-corrected chi connectivity index (χ3v) is 4.26. The van der Waals surface area contributed by atoms with Crippen LogP contribution in [0.1, 0.15) is 11.8 Å². The maximum atomic E-state index is 11.1. The van der Waals surface area contributed by atoms with Gasteiger partial charge in [-0.05, 0) is 25.1 Å². The van der Waals surface area contributed by atoms with Crippen LogP contribution in [0.4, 0.5) is 0 Å². The Bertz CT molecular complexity index is 602. The van der Waals surface area contributed by atoms with Gasteiger partial charge in [-0.1, -0.05) is 6.58 Å². The summed E-state index contributed by atoms with van der Waals surface area (Å²) >= 11 is 3.04. The molecule has 20 heavy (non-hydrogen) atoms. The summed E-state index contributed by atoms with van der Waals surface area (Å²) in [5, 5.41) is 17.3. The van der Waals surface area contributed by atoms with E-state index in [1.54, 1.807) is 24.8 Å². The average Bonchev–Trinajstić information content (AvgIpc) is 2.88. The minimum absolute atomic E-state index is 0.0822. The van der Waals surface area contributed by atoms with Gasteiger partial charge in [0, 0.05) is 16.2 Å². The Morgan fingerprint density at radius 2 is 2.20 bits per heavy atom. The van der Waals surface area contributed by atoms with Gasteiger partial charge in [0.2, 0.25) is 0 Å². The Balaban J connectivity index is 2.44. The molecule has 0 atom stereocenters. The number of nitrogens with zero attached hydrogens (tertiary/aromatic N) is 2. The lowest BCUT2D eigenvalue weighted by Crippen LogP contribution is -2.07. The molecule has 0 saturated carbocycles. The molecule has 1 heterocycles. The topological polar surface area (TPSA) is 73.9 Å². The number of ether oxygens (including phenoxy) is 1. The lowest BCUT2D eigenvalue weighted by molar-refractivity contribution is -0.138. The van der Waals surface area contributed by atoms with Crippen molar-refractivity contribution in [3.8, 4) is 12.1 Å². The second-order valence-electron chi connectivity index (χ2n) is 3.70. The van der Waals surface area contributed by atoms with Gasteiger partial charge in [0.05, 0.1) is 4.21 Å². The molecule has 0 spiro atoms. The summed E-state index contributed by atoms with van der Waals surface area (Å²) in [6.07, 6.45) is 1.55. The van der Waals surface area contributed by atoms with E-state index in [0.29, 0.717) is 17.9 Å². The number of carbonyl (C=O) groups excluding carboxylic acids is 1. The van der Waals surface area contributed by atoms with Crippen molar-refractivity contribution < 1.29 is 9.53 Å². The van der Waals surface area contributed by atoms with E-state index >= 15 is 0 Å². The van der Waals surface area contributed by atoms with Gasteiger partial charge in [0.15, 0.2) is 0 Å². The van der Waals surface area contributed by atoms with E-state index in [0.717, 1.165) is 9.09 Å². The minimum Gasteiger partial charge on any atom is -0.461 e. The van der Waals surface area contributed by atoms with Crippen LogP contribution in [0, 0.1) is 22.7 Å². The first-order chi connectivity index (χ1) is 9.56. The van der Waals surface area contributed by atoms with Crippen molar-refractivity contribution in [2.75, 3.05) is 12.4 Å². The molecule has 0 radical (unpaired) electrons. The molecule has 0 aliphatic rings. The summed E-state index contributed by atoms with van der Waals surface area (Å²) < 4.78 is 6.02. The van der Waals surface area contributed by atoms with Crippen LogP contribution in [0.3, 0.4) is 0 Å². The fourth-order valence-electron chi connectivity index (χ4n) is 1.12. The van der Waals surface area contributed by atoms with Crippen LogP contribution in [0.15, 0.2) is 34.1 Å². The number of hydrogen-bond donors (Lipinski definition) is 0. The van der Waals surface area contributed by atoms with Gasteiger partial charge in [-0.3, -0.25) is 0 Å². The molecule has 0 aliphatic heterocycles. The van der Waals surface area contributed by atoms with Crippen LogP contribution in [0.2, 0.25) is 0 Å². The third-order valence-electron chi connectivity index (χ3n) is 2.04. The van der Waals surface area contributed by atoms with Crippen molar-refractivity contribution >= 4 is 35.1 Å². The molecule has 102 valence electrons. The predicted molar refractivity (Wildman–Crippen MR) is 80.0 cm³/mol. The quantitative estimate of drug-likeness (QED) is 0.265. The number of nitriles is 2. The molecule has 0 bridgehead atoms. The zero-order valence-electron chi connectivity index (χ0n) is 10.9. The molecule has 0 aromatic carbocycles. The number of thioether (sulfide) groups is 1. The fourth-order valence-corrected chi connectivity index (χ4v) is 3.11.